The zero-order valence-corrected chi connectivity index (χ0v) is 13.1. The van der Waals surface area contributed by atoms with Crippen LogP contribution < -0.4 is 11.2 Å². The lowest BCUT2D eigenvalue weighted by Gasteiger charge is -2.12. The highest BCUT2D eigenvalue weighted by atomic mass is 32.2. The Labute approximate surface area is 134 Å². The molecule has 3 N–H and O–H groups in total. The zero-order valence-electron chi connectivity index (χ0n) is 12.3. The quantitative estimate of drug-likeness (QED) is 0.657. The molecule has 10 heteroatoms. The Bertz CT molecular complexity index is 716. The molecule has 0 bridgehead atoms. The molecule has 0 radical (unpaired) electrons. The van der Waals surface area contributed by atoms with Crippen LogP contribution >= 0.6 is 11.8 Å². The van der Waals surface area contributed by atoms with E-state index >= 15 is 0 Å². The summed E-state index contributed by atoms with van der Waals surface area (Å²) in [5, 5.41) is 8.17. The van der Waals surface area contributed by atoms with Gasteiger partial charge < -0.3 is 11.2 Å². The van der Waals surface area contributed by atoms with Crippen LogP contribution in [0.2, 0.25) is 0 Å². The predicted molar refractivity (Wildman–Crippen MR) is 80.3 cm³/mol. The monoisotopic (exact) mass is 345 g/mol. The van der Waals surface area contributed by atoms with Gasteiger partial charge >= 0.3 is 6.18 Å². The molecule has 0 saturated carbocycles. The molecule has 1 aromatic carbocycles. The van der Waals surface area contributed by atoms with Crippen LogP contribution in [-0.4, -0.2) is 26.0 Å². The highest BCUT2D eigenvalue weighted by Crippen LogP contribution is 2.30. The smallest absolute Gasteiger partial charge is 0.335 e. The first-order valence-corrected chi connectivity index (χ1v) is 7.38. The minimum absolute atomic E-state index is 0.191. The van der Waals surface area contributed by atoms with Gasteiger partial charge in [0.25, 0.3) is 5.82 Å². The Balaban J connectivity index is 2.06. The van der Waals surface area contributed by atoms with Crippen molar-refractivity contribution >= 4 is 23.4 Å². The molecule has 0 aliphatic rings. The number of nitrogens with zero attached hydrogens (tertiary/aromatic N) is 3. The van der Waals surface area contributed by atoms with E-state index in [1.54, 1.807) is 18.2 Å². The largest absolute Gasteiger partial charge is 0.453 e. The third-order valence-corrected chi connectivity index (χ3v) is 3.91. The van der Waals surface area contributed by atoms with Gasteiger partial charge in [-0.25, -0.2) is 4.68 Å². The fourth-order valence-corrected chi connectivity index (χ4v) is 2.50. The van der Waals surface area contributed by atoms with E-state index in [-0.39, 0.29) is 11.1 Å². The number of thioether (sulfide) groups is 1. The molecule has 0 saturated heterocycles. The van der Waals surface area contributed by atoms with E-state index in [1.165, 1.54) is 6.92 Å². The minimum atomic E-state index is -4.70. The lowest BCUT2D eigenvalue weighted by molar-refractivity contribution is -0.146. The number of benzene rings is 1. The standard InChI is InChI=1S/C13H14F3N5OS/c1-7-4-3-5-9(6-7)18-10(22)8(2)23-12-20-19-11(21(12)17)13(14,15)16/h3-6,8H,17H2,1-2H3,(H,18,22)/t8-/m0/s1. The molecule has 2 aromatic rings. The molecule has 1 amide bonds. The molecule has 1 atom stereocenters. The molecule has 1 aromatic heterocycles. The van der Waals surface area contributed by atoms with E-state index in [1.807, 2.05) is 13.0 Å². The first-order valence-electron chi connectivity index (χ1n) is 6.50. The van der Waals surface area contributed by atoms with Gasteiger partial charge in [-0.3, -0.25) is 4.79 Å². The number of amides is 1. The van der Waals surface area contributed by atoms with Crippen molar-refractivity contribution in [2.75, 3.05) is 11.2 Å². The van der Waals surface area contributed by atoms with Gasteiger partial charge in [0.05, 0.1) is 5.25 Å². The fourth-order valence-electron chi connectivity index (χ4n) is 1.73. The van der Waals surface area contributed by atoms with E-state index in [2.05, 4.69) is 15.5 Å². The van der Waals surface area contributed by atoms with Crippen LogP contribution in [0.3, 0.4) is 0 Å². The second-order valence-corrected chi connectivity index (χ2v) is 6.10. The second kappa shape index (κ2) is 6.49. The van der Waals surface area contributed by atoms with Crippen molar-refractivity contribution in [2.24, 2.45) is 0 Å². The maximum absolute atomic E-state index is 12.6. The van der Waals surface area contributed by atoms with Crippen LogP contribution in [0.5, 0.6) is 0 Å². The SMILES string of the molecule is Cc1cccc(NC(=O)[C@H](C)Sc2nnc(C(F)(F)F)n2N)c1. The number of halogens is 3. The molecule has 0 aliphatic carbocycles. The molecule has 0 fully saturated rings. The van der Waals surface area contributed by atoms with Gasteiger partial charge in [-0.05, 0) is 31.5 Å². The molecule has 2 rings (SSSR count). The summed E-state index contributed by atoms with van der Waals surface area (Å²) in [4.78, 5) is 12.1. The van der Waals surface area contributed by atoms with Gasteiger partial charge in [0, 0.05) is 5.69 Å². The van der Waals surface area contributed by atoms with E-state index in [4.69, 9.17) is 5.84 Å². The molecule has 0 spiro atoms. The van der Waals surface area contributed by atoms with Crippen LogP contribution in [0.1, 0.15) is 18.3 Å². The van der Waals surface area contributed by atoms with E-state index in [0.29, 0.717) is 10.4 Å². The Morgan fingerprint density at radius 3 is 2.65 bits per heavy atom. The predicted octanol–water partition coefficient (Wildman–Crippen LogP) is 2.44. The van der Waals surface area contributed by atoms with Gasteiger partial charge in [-0.15, -0.1) is 10.2 Å². The summed E-state index contributed by atoms with van der Waals surface area (Å²) in [7, 11) is 0. The summed E-state index contributed by atoms with van der Waals surface area (Å²) in [6.45, 7) is 3.42. The summed E-state index contributed by atoms with van der Waals surface area (Å²) in [5.41, 5.74) is 1.58. The van der Waals surface area contributed by atoms with Crippen molar-refractivity contribution in [3.8, 4) is 0 Å². The van der Waals surface area contributed by atoms with Gasteiger partial charge in [0.15, 0.2) is 0 Å². The van der Waals surface area contributed by atoms with Gasteiger partial charge in [0.2, 0.25) is 11.1 Å². The number of nitrogen functional groups attached to an aromatic ring is 1. The number of hydrogen-bond acceptors (Lipinski definition) is 5. The zero-order chi connectivity index (χ0) is 17.2. The summed E-state index contributed by atoms with van der Waals surface area (Å²) in [6.07, 6.45) is -4.70. The first-order chi connectivity index (χ1) is 10.7. The molecule has 0 unspecified atom stereocenters. The third kappa shape index (κ3) is 4.15. The summed E-state index contributed by atoms with van der Waals surface area (Å²) < 4.78 is 38.1. The van der Waals surface area contributed by atoms with Crippen molar-refractivity contribution in [3.63, 3.8) is 0 Å². The summed E-state index contributed by atoms with van der Waals surface area (Å²) >= 11 is 0.791. The van der Waals surface area contributed by atoms with Crippen molar-refractivity contribution in [1.82, 2.24) is 14.9 Å². The van der Waals surface area contributed by atoms with E-state index < -0.39 is 17.3 Å². The van der Waals surface area contributed by atoms with Crippen LogP contribution in [0.25, 0.3) is 0 Å². The van der Waals surface area contributed by atoms with E-state index in [0.717, 1.165) is 17.3 Å². The fraction of sp³-hybridized carbons (Fsp3) is 0.308. The normalized spacial score (nSPS) is 12.9. The van der Waals surface area contributed by atoms with Gasteiger partial charge in [-0.1, -0.05) is 23.9 Å². The lowest BCUT2D eigenvalue weighted by Crippen LogP contribution is -2.25. The Morgan fingerprint density at radius 1 is 1.39 bits per heavy atom. The van der Waals surface area contributed by atoms with Crippen molar-refractivity contribution < 1.29 is 18.0 Å². The number of rotatable bonds is 4. The maximum atomic E-state index is 12.6. The highest BCUT2D eigenvalue weighted by Gasteiger charge is 2.38. The molecular weight excluding hydrogens is 331 g/mol. The van der Waals surface area contributed by atoms with Crippen LogP contribution in [0.15, 0.2) is 29.4 Å². The van der Waals surface area contributed by atoms with Gasteiger partial charge in [-0.2, -0.15) is 13.2 Å². The second-order valence-electron chi connectivity index (χ2n) is 4.79. The number of aromatic nitrogens is 3. The number of carbonyl (C=O) groups excluding carboxylic acids is 1. The minimum Gasteiger partial charge on any atom is -0.335 e. The van der Waals surface area contributed by atoms with Crippen LogP contribution in [0, 0.1) is 6.92 Å². The first kappa shape index (κ1) is 17.1. The molecule has 6 nitrogen and oxygen atoms in total. The molecular formula is C13H14F3N5OS. The topological polar surface area (TPSA) is 85.8 Å². The Hall–Kier alpha value is -2.23. The lowest BCUT2D eigenvalue weighted by atomic mass is 10.2. The molecule has 23 heavy (non-hydrogen) atoms. The molecule has 0 aliphatic heterocycles. The Kier molecular flexibility index (Phi) is 4.83. The maximum Gasteiger partial charge on any atom is 0.453 e. The summed E-state index contributed by atoms with van der Waals surface area (Å²) in [5.74, 6) is 3.64. The Morgan fingerprint density at radius 2 is 2.09 bits per heavy atom. The average Bonchev–Trinajstić information content (AvgIpc) is 2.80. The number of hydrogen-bond donors (Lipinski definition) is 2. The average molecular weight is 345 g/mol. The molecule has 124 valence electrons. The number of carbonyl (C=O) groups is 1. The molecule has 1 heterocycles. The number of alkyl halides is 3. The highest BCUT2D eigenvalue weighted by molar-refractivity contribution is 8.00. The van der Waals surface area contributed by atoms with Crippen molar-refractivity contribution in [1.29, 1.82) is 0 Å². The number of aryl methyl sites for hydroxylation is 1. The third-order valence-electron chi connectivity index (χ3n) is 2.86. The van der Waals surface area contributed by atoms with Crippen molar-refractivity contribution in [3.05, 3.63) is 35.7 Å². The van der Waals surface area contributed by atoms with Gasteiger partial charge in [0.1, 0.15) is 0 Å². The number of nitrogens with two attached hydrogens (primary N) is 1. The van der Waals surface area contributed by atoms with Crippen LogP contribution in [0.4, 0.5) is 18.9 Å². The number of nitrogens with one attached hydrogen (secondary N) is 1. The van der Waals surface area contributed by atoms with Crippen molar-refractivity contribution in [2.45, 2.75) is 30.4 Å². The number of anilines is 1. The summed E-state index contributed by atoms with van der Waals surface area (Å²) in [6, 6.07) is 7.16. The van der Waals surface area contributed by atoms with E-state index in [9.17, 15) is 18.0 Å². The van der Waals surface area contributed by atoms with Crippen LogP contribution in [-0.2, 0) is 11.0 Å².